The number of nitrogens with zero attached hydrogens (tertiary/aromatic N) is 4. The number of thioether (sulfide) groups is 1. The number of hydrogen-bond acceptors (Lipinski definition) is 5. The van der Waals surface area contributed by atoms with Crippen LogP contribution in [-0.4, -0.2) is 31.4 Å². The fourth-order valence-corrected chi connectivity index (χ4v) is 3.70. The first-order valence-electron chi connectivity index (χ1n) is 9.29. The second-order valence-corrected chi connectivity index (χ2v) is 8.80. The zero-order chi connectivity index (χ0) is 22.8. The van der Waals surface area contributed by atoms with Gasteiger partial charge in [-0.1, -0.05) is 49.3 Å². The van der Waals surface area contributed by atoms with Crippen LogP contribution in [0.5, 0.6) is 0 Å². The number of aromatic nitrogens is 4. The molecule has 1 aromatic heterocycles. The summed E-state index contributed by atoms with van der Waals surface area (Å²) in [7, 11) is 0. The topological polar surface area (TPSA) is 72.7 Å². The SMILES string of the molecule is CC(Sc1nnnn1-c1ccc(C(C)C)cc1)C(=O)Nc1ccc(Cl)cc1C(F)(F)F. The number of hydrogen-bond donors (Lipinski definition) is 1. The van der Waals surface area contributed by atoms with Crippen molar-refractivity contribution < 1.29 is 18.0 Å². The quantitative estimate of drug-likeness (QED) is 0.477. The molecule has 0 radical (unpaired) electrons. The number of amides is 1. The maximum Gasteiger partial charge on any atom is 0.418 e. The van der Waals surface area contributed by atoms with Crippen LogP contribution in [0.1, 0.15) is 37.8 Å². The number of halogens is 4. The van der Waals surface area contributed by atoms with Crippen LogP contribution in [0.15, 0.2) is 47.6 Å². The molecule has 3 aromatic rings. The van der Waals surface area contributed by atoms with Gasteiger partial charge in [0, 0.05) is 5.02 Å². The molecule has 1 unspecified atom stereocenters. The zero-order valence-electron chi connectivity index (χ0n) is 16.8. The Morgan fingerprint density at radius 2 is 1.81 bits per heavy atom. The Balaban J connectivity index is 1.76. The van der Waals surface area contributed by atoms with Crippen LogP contribution in [0, 0.1) is 0 Å². The molecule has 0 saturated heterocycles. The summed E-state index contributed by atoms with van der Waals surface area (Å²) in [6.45, 7) is 5.72. The first-order valence-corrected chi connectivity index (χ1v) is 10.5. The van der Waals surface area contributed by atoms with Gasteiger partial charge in [0.15, 0.2) is 0 Å². The number of nitrogens with one attached hydrogen (secondary N) is 1. The monoisotopic (exact) mass is 469 g/mol. The van der Waals surface area contributed by atoms with E-state index in [-0.39, 0.29) is 10.7 Å². The third-order valence-corrected chi connectivity index (χ3v) is 5.71. The number of carbonyl (C=O) groups excluding carboxylic acids is 1. The summed E-state index contributed by atoms with van der Waals surface area (Å²) in [5, 5.41) is 13.4. The van der Waals surface area contributed by atoms with E-state index >= 15 is 0 Å². The zero-order valence-corrected chi connectivity index (χ0v) is 18.4. The Bertz CT molecular complexity index is 1070. The molecule has 0 aliphatic heterocycles. The lowest BCUT2D eigenvalue weighted by Crippen LogP contribution is -2.24. The van der Waals surface area contributed by atoms with Crippen molar-refractivity contribution in [2.75, 3.05) is 5.32 Å². The molecule has 0 bridgehead atoms. The van der Waals surface area contributed by atoms with E-state index in [0.717, 1.165) is 29.5 Å². The van der Waals surface area contributed by atoms with Crippen molar-refractivity contribution in [3.8, 4) is 5.69 Å². The number of anilines is 1. The standard InChI is InChI=1S/C20H19ClF3N5OS/c1-11(2)13-4-7-15(8-5-13)29-19(26-27-28-29)31-12(3)18(30)25-17-9-6-14(21)10-16(17)20(22,23)24/h4-12H,1-3H3,(H,25,30). The van der Waals surface area contributed by atoms with Crippen molar-refractivity contribution in [1.29, 1.82) is 0 Å². The average molecular weight is 470 g/mol. The Hall–Kier alpha value is -2.59. The first kappa shape index (κ1) is 23.1. The van der Waals surface area contributed by atoms with Crippen LogP contribution in [0.2, 0.25) is 5.02 Å². The van der Waals surface area contributed by atoms with Gasteiger partial charge >= 0.3 is 6.18 Å². The molecule has 1 heterocycles. The minimum Gasteiger partial charge on any atom is -0.325 e. The van der Waals surface area contributed by atoms with Gasteiger partial charge in [-0.3, -0.25) is 4.79 Å². The highest BCUT2D eigenvalue weighted by molar-refractivity contribution is 8.00. The van der Waals surface area contributed by atoms with Gasteiger partial charge in [-0.05, 0) is 59.2 Å². The highest BCUT2D eigenvalue weighted by Gasteiger charge is 2.34. The summed E-state index contributed by atoms with van der Waals surface area (Å²) in [6.07, 6.45) is -4.66. The lowest BCUT2D eigenvalue weighted by atomic mass is 10.0. The highest BCUT2D eigenvalue weighted by Crippen LogP contribution is 2.37. The Labute approximate surface area is 186 Å². The molecule has 0 aliphatic carbocycles. The third-order valence-electron chi connectivity index (χ3n) is 4.44. The molecule has 6 nitrogen and oxygen atoms in total. The van der Waals surface area contributed by atoms with Crippen molar-refractivity contribution in [2.24, 2.45) is 0 Å². The smallest absolute Gasteiger partial charge is 0.325 e. The number of rotatable bonds is 6. The highest BCUT2D eigenvalue weighted by atomic mass is 35.5. The van der Waals surface area contributed by atoms with E-state index in [9.17, 15) is 18.0 Å². The van der Waals surface area contributed by atoms with Crippen LogP contribution in [0.3, 0.4) is 0 Å². The van der Waals surface area contributed by atoms with E-state index < -0.39 is 22.9 Å². The second-order valence-electron chi connectivity index (χ2n) is 7.06. The molecule has 2 aromatic carbocycles. The van der Waals surface area contributed by atoms with Gasteiger partial charge < -0.3 is 5.32 Å². The summed E-state index contributed by atoms with van der Waals surface area (Å²) in [6, 6.07) is 10.8. The Kier molecular flexibility index (Phi) is 6.90. The lowest BCUT2D eigenvalue weighted by Gasteiger charge is -2.16. The van der Waals surface area contributed by atoms with Gasteiger partial charge in [0.2, 0.25) is 11.1 Å². The van der Waals surface area contributed by atoms with Crippen molar-refractivity contribution in [3.63, 3.8) is 0 Å². The Morgan fingerprint density at radius 1 is 1.13 bits per heavy atom. The van der Waals surface area contributed by atoms with E-state index in [1.807, 2.05) is 24.3 Å². The van der Waals surface area contributed by atoms with E-state index in [0.29, 0.717) is 16.8 Å². The van der Waals surface area contributed by atoms with Crippen LogP contribution >= 0.6 is 23.4 Å². The van der Waals surface area contributed by atoms with Crippen molar-refractivity contribution in [2.45, 2.75) is 43.3 Å². The normalized spacial score (nSPS) is 12.8. The van der Waals surface area contributed by atoms with Gasteiger partial charge in [-0.15, -0.1) is 5.10 Å². The average Bonchev–Trinajstić information content (AvgIpc) is 3.16. The Morgan fingerprint density at radius 3 is 2.42 bits per heavy atom. The van der Waals surface area contributed by atoms with E-state index in [4.69, 9.17) is 11.6 Å². The van der Waals surface area contributed by atoms with E-state index in [1.54, 1.807) is 6.92 Å². The van der Waals surface area contributed by atoms with Crippen molar-refractivity contribution in [1.82, 2.24) is 20.2 Å². The molecule has 0 fully saturated rings. The molecule has 11 heteroatoms. The molecule has 0 saturated carbocycles. The van der Waals surface area contributed by atoms with Crippen molar-refractivity contribution in [3.05, 3.63) is 58.6 Å². The van der Waals surface area contributed by atoms with Gasteiger partial charge in [-0.25, -0.2) is 0 Å². The first-order chi connectivity index (χ1) is 14.6. The number of benzene rings is 2. The predicted octanol–water partition coefficient (Wildman–Crippen LogP) is 5.58. The molecule has 0 aliphatic rings. The number of tetrazole rings is 1. The second kappa shape index (κ2) is 9.27. The molecule has 0 spiro atoms. The molecular formula is C20H19ClF3N5OS. The summed E-state index contributed by atoms with van der Waals surface area (Å²) in [5.41, 5.74) is 0.489. The van der Waals surface area contributed by atoms with Crippen LogP contribution in [0.25, 0.3) is 5.69 Å². The largest absolute Gasteiger partial charge is 0.418 e. The predicted molar refractivity (Wildman–Crippen MR) is 114 cm³/mol. The molecule has 1 amide bonds. The van der Waals surface area contributed by atoms with Gasteiger partial charge in [-0.2, -0.15) is 17.9 Å². The molecule has 164 valence electrons. The molecule has 1 atom stereocenters. The molecule has 3 rings (SSSR count). The van der Waals surface area contributed by atoms with Gasteiger partial charge in [0.25, 0.3) is 0 Å². The maximum atomic E-state index is 13.3. The minimum atomic E-state index is -4.66. The minimum absolute atomic E-state index is 0.0737. The van der Waals surface area contributed by atoms with Crippen molar-refractivity contribution >= 4 is 35.0 Å². The molecular weight excluding hydrogens is 451 g/mol. The fraction of sp³-hybridized carbons (Fsp3) is 0.300. The summed E-state index contributed by atoms with van der Waals surface area (Å²) in [4.78, 5) is 12.6. The number of carbonyl (C=O) groups is 1. The van der Waals surface area contributed by atoms with E-state index in [2.05, 4.69) is 34.7 Å². The van der Waals surface area contributed by atoms with Crippen LogP contribution in [-0.2, 0) is 11.0 Å². The molecule has 31 heavy (non-hydrogen) atoms. The lowest BCUT2D eigenvalue weighted by molar-refractivity contribution is -0.137. The maximum absolute atomic E-state index is 13.3. The third kappa shape index (κ3) is 5.56. The fourth-order valence-electron chi connectivity index (χ4n) is 2.72. The summed E-state index contributed by atoms with van der Waals surface area (Å²) >= 11 is 6.71. The number of alkyl halides is 3. The van der Waals surface area contributed by atoms with E-state index in [1.165, 1.54) is 10.7 Å². The van der Waals surface area contributed by atoms with Crippen LogP contribution in [0.4, 0.5) is 18.9 Å². The molecule has 1 N–H and O–H groups in total. The van der Waals surface area contributed by atoms with Gasteiger partial charge in [0.05, 0.1) is 22.2 Å². The summed E-state index contributed by atoms with van der Waals surface area (Å²) < 4.78 is 41.3. The summed E-state index contributed by atoms with van der Waals surface area (Å²) in [5.74, 6) is -0.252. The van der Waals surface area contributed by atoms with Gasteiger partial charge in [0.1, 0.15) is 0 Å². The van der Waals surface area contributed by atoms with Crippen LogP contribution < -0.4 is 5.32 Å².